The highest BCUT2D eigenvalue weighted by molar-refractivity contribution is 5.97. The highest BCUT2D eigenvalue weighted by atomic mass is 16.1. The van der Waals surface area contributed by atoms with E-state index in [1.54, 1.807) is 0 Å². The second-order valence-electron chi connectivity index (χ2n) is 7.77. The predicted octanol–water partition coefficient (Wildman–Crippen LogP) is 4.56. The van der Waals surface area contributed by atoms with E-state index in [0.717, 1.165) is 32.1 Å². The van der Waals surface area contributed by atoms with Crippen molar-refractivity contribution in [3.05, 3.63) is 0 Å². The Kier molecular flexibility index (Phi) is 4.41. The average molecular weight is 278 g/mol. The van der Waals surface area contributed by atoms with Gasteiger partial charge in [0.15, 0.2) is 0 Å². The fourth-order valence-electron chi connectivity index (χ4n) is 4.55. The van der Waals surface area contributed by atoms with E-state index in [2.05, 4.69) is 27.7 Å². The summed E-state index contributed by atoms with van der Waals surface area (Å²) in [5.41, 5.74) is -0.591. The van der Waals surface area contributed by atoms with Gasteiger partial charge in [0.2, 0.25) is 0 Å². The number of ketones is 2. The van der Waals surface area contributed by atoms with Crippen LogP contribution in [0.2, 0.25) is 0 Å². The molecule has 114 valence electrons. The first-order valence-electron chi connectivity index (χ1n) is 8.41. The summed E-state index contributed by atoms with van der Waals surface area (Å²) in [7, 11) is 0. The lowest BCUT2D eigenvalue weighted by molar-refractivity contribution is -0.165. The fraction of sp³-hybridized carbons (Fsp3) is 0.889. The first kappa shape index (κ1) is 15.7. The van der Waals surface area contributed by atoms with Crippen molar-refractivity contribution in [2.75, 3.05) is 0 Å². The van der Waals surface area contributed by atoms with Gasteiger partial charge in [-0.2, -0.15) is 0 Å². The number of rotatable bonds is 6. The van der Waals surface area contributed by atoms with E-state index in [-0.39, 0.29) is 16.7 Å². The quantitative estimate of drug-likeness (QED) is 0.668. The Morgan fingerprint density at radius 2 is 1.90 bits per heavy atom. The molecular weight excluding hydrogens is 248 g/mol. The standard InChI is InChI=1S/C18H30O2/c1-5-6-7-8-9-15(19)14-12-13-10-11-18(14,4)16(20)17(13,2)3/h13-14H,5-12H2,1-4H3. The van der Waals surface area contributed by atoms with Crippen molar-refractivity contribution in [3.63, 3.8) is 0 Å². The number of unbranched alkanes of at least 4 members (excludes halogenated alkanes) is 3. The average Bonchev–Trinajstić information content (AvgIpc) is 2.41. The summed E-state index contributed by atoms with van der Waals surface area (Å²) in [5.74, 6) is 1.13. The van der Waals surface area contributed by atoms with Crippen LogP contribution in [-0.2, 0) is 9.59 Å². The lowest BCUT2D eigenvalue weighted by atomic mass is 9.46. The van der Waals surface area contributed by atoms with Crippen LogP contribution in [0.1, 0.15) is 79.1 Å². The number of carbonyl (C=O) groups is 2. The van der Waals surface area contributed by atoms with Gasteiger partial charge in [-0.15, -0.1) is 0 Å². The van der Waals surface area contributed by atoms with Crippen molar-refractivity contribution >= 4 is 11.6 Å². The minimum absolute atomic E-state index is 0.00315. The van der Waals surface area contributed by atoms with Crippen LogP contribution in [0.15, 0.2) is 0 Å². The van der Waals surface area contributed by atoms with E-state index in [0.29, 0.717) is 23.9 Å². The SMILES string of the molecule is CCCCCCC(=O)C1CC2CCC1(C)C(=O)C2(C)C. The van der Waals surface area contributed by atoms with Crippen LogP contribution >= 0.6 is 0 Å². The topological polar surface area (TPSA) is 34.1 Å². The van der Waals surface area contributed by atoms with Crippen LogP contribution in [-0.4, -0.2) is 11.6 Å². The lowest BCUT2D eigenvalue weighted by Gasteiger charge is -2.56. The third-order valence-electron chi connectivity index (χ3n) is 6.09. The molecule has 0 radical (unpaired) electrons. The summed E-state index contributed by atoms with van der Waals surface area (Å²) >= 11 is 0. The normalized spacial score (nSPS) is 35.3. The summed E-state index contributed by atoms with van der Waals surface area (Å²) in [6.45, 7) is 8.41. The molecule has 0 N–H and O–H groups in total. The zero-order valence-corrected chi connectivity index (χ0v) is 13.6. The minimum atomic E-state index is -0.375. The lowest BCUT2D eigenvalue weighted by Crippen LogP contribution is -2.58. The van der Waals surface area contributed by atoms with Gasteiger partial charge >= 0.3 is 0 Å². The maximum Gasteiger partial charge on any atom is 0.145 e. The van der Waals surface area contributed by atoms with Gasteiger partial charge in [0.1, 0.15) is 11.6 Å². The molecule has 3 aliphatic carbocycles. The molecule has 3 atom stereocenters. The molecule has 0 aromatic carbocycles. The van der Waals surface area contributed by atoms with E-state index in [9.17, 15) is 9.59 Å². The van der Waals surface area contributed by atoms with Gasteiger partial charge in [0.05, 0.1) is 0 Å². The van der Waals surface area contributed by atoms with E-state index < -0.39 is 0 Å². The molecule has 2 bridgehead atoms. The fourth-order valence-corrected chi connectivity index (χ4v) is 4.55. The summed E-state index contributed by atoms with van der Waals surface area (Å²) < 4.78 is 0. The second kappa shape index (κ2) is 5.61. The molecule has 3 unspecified atom stereocenters. The molecule has 3 fully saturated rings. The zero-order chi connectivity index (χ0) is 15.0. The van der Waals surface area contributed by atoms with Gasteiger partial charge in [-0.25, -0.2) is 0 Å². The minimum Gasteiger partial charge on any atom is -0.299 e. The van der Waals surface area contributed by atoms with E-state index in [4.69, 9.17) is 0 Å². The summed E-state index contributed by atoms with van der Waals surface area (Å²) in [5, 5.41) is 0. The predicted molar refractivity (Wildman–Crippen MR) is 81.5 cm³/mol. The highest BCUT2D eigenvalue weighted by Gasteiger charge is 2.60. The van der Waals surface area contributed by atoms with Gasteiger partial charge in [0.25, 0.3) is 0 Å². The molecule has 0 aromatic rings. The van der Waals surface area contributed by atoms with Crippen molar-refractivity contribution in [2.45, 2.75) is 79.1 Å². The second-order valence-corrected chi connectivity index (χ2v) is 7.77. The summed E-state index contributed by atoms with van der Waals surface area (Å²) in [6.07, 6.45) is 8.23. The van der Waals surface area contributed by atoms with Crippen LogP contribution in [0.3, 0.4) is 0 Å². The van der Waals surface area contributed by atoms with E-state index >= 15 is 0 Å². The molecule has 3 rings (SSSR count). The van der Waals surface area contributed by atoms with E-state index in [1.165, 1.54) is 12.8 Å². The molecule has 3 aliphatic rings. The van der Waals surface area contributed by atoms with Gasteiger partial charge in [0, 0.05) is 23.2 Å². The largest absolute Gasteiger partial charge is 0.299 e. The molecule has 0 spiro atoms. The number of carbonyl (C=O) groups excluding carboxylic acids is 2. The zero-order valence-electron chi connectivity index (χ0n) is 13.6. The molecule has 3 saturated carbocycles. The number of hydrogen-bond acceptors (Lipinski definition) is 2. The van der Waals surface area contributed by atoms with Crippen molar-refractivity contribution in [3.8, 4) is 0 Å². The molecule has 2 heteroatoms. The monoisotopic (exact) mass is 278 g/mol. The van der Waals surface area contributed by atoms with Crippen molar-refractivity contribution in [2.24, 2.45) is 22.7 Å². The van der Waals surface area contributed by atoms with Crippen LogP contribution in [0.4, 0.5) is 0 Å². The molecule has 20 heavy (non-hydrogen) atoms. The Hall–Kier alpha value is -0.660. The summed E-state index contributed by atoms with van der Waals surface area (Å²) in [4.78, 5) is 25.3. The molecule has 0 amide bonds. The van der Waals surface area contributed by atoms with Crippen LogP contribution < -0.4 is 0 Å². The summed E-state index contributed by atoms with van der Waals surface area (Å²) in [6, 6.07) is 0. The molecule has 0 aromatic heterocycles. The van der Waals surface area contributed by atoms with Crippen LogP contribution in [0.5, 0.6) is 0 Å². The van der Waals surface area contributed by atoms with E-state index in [1.807, 2.05) is 0 Å². The third kappa shape index (κ3) is 2.46. The maximum atomic E-state index is 12.8. The van der Waals surface area contributed by atoms with Gasteiger partial charge in [-0.05, 0) is 31.6 Å². The first-order chi connectivity index (χ1) is 9.34. The maximum absolute atomic E-state index is 12.8. The number of Topliss-reactive ketones (excluding diaryl/α,β-unsaturated/α-hetero) is 2. The molecule has 0 heterocycles. The van der Waals surface area contributed by atoms with Crippen molar-refractivity contribution in [1.29, 1.82) is 0 Å². The van der Waals surface area contributed by atoms with Crippen LogP contribution in [0.25, 0.3) is 0 Å². The molecule has 0 aliphatic heterocycles. The third-order valence-corrected chi connectivity index (χ3v) is 6.09. The molecule has 0 saturated heterocycles. The van der Waals surface area contributed by atoms with Crippen molar-refractivity contribution in [1.82, 2.24) is 0 Å². The number of fused-ring (bicyclic) bond motifs is 3. The Morgan fingerprint density at radius 3 is 2.55 bits per heavy atom. The Morgan fingerprint density at radius 1 is 1.20 bits per heavy atom. The number of hydrogen-bond donors (Lipinski definition) is 0. The molecule has 2 nitrogen and oxygen atoms in total. The molecular formula is C18H30O2. The van der Waals surface area contributed by atoms with Gasteiger partial charge < -0.3 is 0 Å². The Bertz CT molecular complexity index is 396. The first-order valence-corrected chi connectivity index (χ1v) is 8.41. The highest BCUT2D eigenvalue weighted by Crippen LogP contribution is 2.59. The van der Waals surface area contributed by atoms with Crippen LogP contribution in [0, 0.1) is 22.7 Å². The Balaban J connectivity index is 2.04. The smallest absolute Gasteiger partial charge is 0.145 e. The van der Waals surface area contributed by atoms with Crippen molar-refractivity contribution < 1.29 is 9.59 Å². The Labute approximate surface area is 123 Å². The van der Waals surface area contributed by atoms with Gasteiger partial charge in [-0.1, -0.05) is 47.0 Å². The van der Waals surface area contributed by atoms with Gasteiger partial charge in [-0.3, -0.25) is 9.59 Å².